The fourth-order valence-corrected chi connectivity index (χ4v) is 8.64. The standard InChI is InChI=1S/C22H10Br2S4/c23-21-9-15-13-7-11(25-17(13)3-5-19(15)27-21)1-2-12-8-14-16-10-22(24)28-20(16)6-4-18(14)26-12/h1-10H/b2-1+. The van der Waals surface area contributed by atoms with Gasteiger partial charge in [-0.3, -0.25) is 0 Å². The van der Waals surface area contributed by atoms with Gasteiger partial charge in [0.2, 0.25) is 0 Å². The summed E-state index contributed by atoms with van der Waals surface area (Å²) < 4.78 is 7.74. The molecule has 0 radical (unpaired) electrons. The van der Waals surface area contributed by atoms with Gasteiger partial charge in [-0.1, -0.05) is 0 Å². The average molecular weight is 562 g/mol. The highest BCUT2D eigenvalue weighted by Gasteiger charge is 2.09. The first-order chi connectivity index (χ1) is 13.6. The van der Waals surface area contributed by atoms with E-state index < -0.39 is 0 Å². The van der Waals surface area contributed by atoms with Crippen molar-refractivity contribution in [3.8, 4) is 0 Å². The van der Waals surface area contributed by atoms with Crippen LogP contribution in [0.1, 0.15) is 9.75 Å². The Kier molecular flexibility index (Phi) is 4.30. The molecule has 28 heavy (non-hydrogen) atoms. The Labute approximate surface area is 194 Å². The van der Waals surface area contributed by atoms with Crippen molar-refractivity contribution in [1.82, 2.24) is 0 Å². The molecule has 0 aliphatic carbocycles. The van der Waals surface area contributed by atoms with E-state index in [2.05, 4.69) is 92.5 Å². The van der Waals surface area contributed by atoms with Crippen LogP contribution in [0.2, 0.25) is 0 Å². The summed E-state index contributed by atoms with van der Waals surface area (Å²) in [4.78, 5) is 2.59. The molecule has 0 aliphatic heterocycles. The number of thiophene rings is 4. The van der Waals surface area contributed by atoms with Crippen molar-refractivity contribution in [2.75, 3.05) is 0 Å². The maximum absolute atomic E-state index is 3.62. The molecule has 6 rings (SSSR count). The van der Waals surface area contributed by atoms with E-state index >= 15 is 0 Å². The van der Waals surface area contributed by atoms with Gasteiger partial charge >= 0.3 is 0 Å². The smallest absolute Gasteiger partial charge is 0.0711 e. The second-order valence-corrected chi connectivity index (χ2v) is 13.7. The molecule has 0 aliphatic rings. The average Bonchev–Trinajstić information content (AvgIpc) is 3.41. The van der Waals surface area contributed by atoms with E-state index in [1.165, 1.54) is 57.7 Å². The van der Waals surface area contributed by atoms with Crippen LogP contribution >= 0.6 is 77.2 Å². The zero-order valence-corrected chi connectivity index (χ0v) is 20.6. The van der Waals surface area contributed by atoms with Gasteiger partial charge < -0.3 is 0 Å². The first-order valence-corrected chi connectivity index (χ1v) is 13.4. The Bertz CT molecular complexity index is 1420. The Morgan fingerprint density at radius 1 is 0.500 bits per heavy atom. The summed E-state index contributed by atoms with van der Waals surface area (Å²) in [7, 11) is 0. The van der Waals surface area contributed by atoms with E-state index in [1.807, 2.05) is 22.7 Å². The topological polar surface area (TPSA) is 0 Å². The van der Waals surface area contributed by atoms with E-state index in [1.54, 1.807) is 22.7 Å². The van der Waals surface area contributed by atoms with Crippen molar-refractivity contribution >= 4 is 130 Å². The number of fused-ring (bicyclic) bond motifs is 6. The molecular weight excluding hydrogens is 552 g/mol. The van der Waals surface area contributed by atoms with Crippen LogP contribution < -0.4 is 0 Å². The molecule has 4 heterocycles. The predicted octanol–water partition coefficient (Wildman–Crippen LogP) is 10.2. The lowest BCUT2D eigenvalue weighted by molar-refractivity contribution is 1.98. The Balaban J connectivity index is 1.43. The van der Waals surface area contributed by atoms with E-state index in [4.69, 9.17) is 0 Å². The monoisotopic (exact) mass is 560 g/mol. The van der Waals surface area contributed by atoms with Gasteiger partial charge in [0.1, 0.15) is 0 Å². The minimum absolute atomic E-state index is 1.19. The molecule has 0 fully saturated rings. The number of halogens is 2. The van der Waals surface area contributed by atoms with Gasteiger partial charge in [-0.2, -0.15) is 0 Å². The number of hydrogen-bond donors (Lipinski definition) is 0. The van der Waals surface area contributed by atoms with Gasteiger partial charge in [0.05, 0.1) is 7.57 Å². The van der Waals surface area contributed by atoms with Crippen molar-refractivity contribution in [1.29, 1.82) is 0 Å². The predicted molar refractivity (Wildman–Crippen MR) is 139 cm³/mol. The molecule has 0 saturated carbocycles. The highest BCUT2D eigenvalue weighted by Crippen LogP contribution is 2.40. The third-order valence-electron chi connectivity index (χ3n) is 4.79. The summed E-state index contributed by atoms with van der Waals surface area (Å²) >= 11 is 14.5. The molecule has 136 valence electrons. The van der Waals surface area contributed by atoms with Crippen LogP contribution in [0.3, 0.4) is 0 Å². The summed E-state index contributed by atoms with van der Waals surface area (Å²) in [6, 6.07) is 18.1. The lowest BCUT2D eigenvalue weighted by atomic mass is 10.1. The largest absolute Gasteiger partial charge is 0.136 e. The minimum Gasteiger partial charge on any atom is -0.136 e. The maximum atomic E-state index is 3.62. The molecule has 0 amide bonds. The summed E-state index contributed by atoms with van der Waals surface area (Å²) in [5.41, 5.74) is 0. The Morgan fingerprint density at radius 2 is 0.857 bits per heavy atom. The molecule has 2 aromatic carbocycles. The molecule has 0 N–H and O–H groups in total. The van der Waals surface area contributed by atoms with Crippen molar-refractivity contribution in [3.05, 3.63) is 65.9 Å². The third kappa shape index (κ3) is 2.93. The lowest BCUT2D eigenvalue weighted by Gasteiger charge is -1.90. The molecule has 0 spiro atoms. The fraction of sp³-hybridized carbons (Fsp3) is 0. The van der Waals surface area contributed by atoms with Crippen LogP contribution in [0.4, 0.5) is 0 Å². The van der Waals surface area contributed by atoms with Crippen molar-refractivity contribution in [2.45, 2.75) is 0 Å². The quantitative estimate of drug-likeness (QED) is 0.197. The van der Waals surface area contributed by atoms with E-state index in [-0.39, 0.29) is 0 Å². The Morgan fingerprint density at radius 3 is 1.29 bits per heavy atom. The van der Waals surface area contributed by atoms with E-state index in [0.29, 0.717) is 0 Å². The highest BCUT2D eigenvalue weighted by molar-refractivity contribution is 9.11. The molecular formula is C22H10Br2S4. The van der Waals surface area contributed by atoms with Gasteiger partial charge in [0.15, 0.2) is 0 Å². The normalized spacial score (nSPS) is 12.5. The van der Waals surface area contributed by atoms with Crippen LogP contribution in [0.15, 0.2) is 56.1 Å². The van der Waals surface area contributed by atoms with Crippen molar-refractivity contribution in [3.63, 3.8) is 0 Å². The second-order valence-electron chi connectivity index (χ2n) is 6.51. The second kappa shape index (κ2) is 6.76. The molecule has 0 saturated heterocycles. The molecule has 0 unspecified atom stereocenters. The van der Waals surface area contributed by atoms with Gasteiger partial charge in [0, 0.05) is 50.1 Å². The van der Waals surface area contributed by atoms with E-state index in [0.717, 1.165) is 0 Å². The van der Waals surface area contributed by atoms with Gasteiger partial charge in [-0.15, -0.1) is 45.3 Å². The summed E-state index contributed by atoms with van der Waals surface area (Å²) in [5, 5.41) is 5.39. The summed E-state index contributed by atoms with van der Waals surface area (Å²) in [6.45, 7) is 0. The minimum atomic E-state index is 1.19. The van der Waals surface area contributed by atoms with Gasteiger partial charge in [-0.25, -0.2) is 0 Å². The Hall–Kier alpha value is -1.02. The zero-order valence-electron chi connectivity index (χ0n) is 14.2. The maximum Gasteiger partial charge on any atom is 0.0711 e. The molecule has 0 atom stereocenters. The molecule has 0 bridgehead atoms. The lowest BCUT2D eigenvalue weighted by Crippen LogP contribution is -1.64. The van der Waals surface area contributed by atoms with Crippen LogP contribution in [-0.2, 0) is 0 Å². The molecule has 0 nitrogen and oxygen atoms in total. The van der Waals surface area contributed by atoms with Crippen molar-refractivity contribution in [2.24, 2.45) is 0 Å². The molecule has 6 aromatic rings. The van der Waals surface area contributed by atoms with Gasteiger partial charge in [0.25, 0.3) is 0 Å². The van der Waals surface area contributed by atoms with Crippen molar-refractivity contribution < 1.29 is 0 Å². The van der Waals surface area contributed by atoms with Crippen LogP contribution in [0.25, 0.3) is 52.5 Å². The zero-order chi connectivity index (χ0) is 18.8. The molecule has 6 heteroatoms. The summed E-state index contributed by atoms with van der Waals surface area (Å²) in [6.07, 6.45) is 4.51. The SMILES string of the molecule is Brc1cc2c(ccc3sc(/C=C/c4cc5c(ccc6sc(Br)cc65)s4)cc32)s1. The first-order valence-electron chi connectivity index (χ1n) is 8.55. The first kappa shape index (κ1) is 17.8. The number of rotatable bonds is 2. The van der Waals surface area contributed by atoms with Crippen LogP contribution in [0.5, 0.6) is 0 Å². The van der Waals surface area contributed by atoms with Gasteiger partial charge in [-0.05, 0) is 92.5 Å². The van der Waals surface area contributed by atoms with Crippen LogP contribution in [0, 0.1) is 0 Å². The number of hydrogen-bond acceptors (Lipinski definition) is 4. The van der Waals surface area contributed by atoms with Crippen LogP contribution in [-0.4, -0.2) is 0 Å². The molecule has 4 aromatic heterocycles. The number of benzene rings is 2. The van der Waals surface area contributed by atoms with E-state index in [9.17, 15) is 0 Å². The third-order valence-corrected chi connectivity index (χ3v) is 10.1. The fourth-order valence-electron chi connectivity index (χ4n) is 3.57. The highest BCUT2D eigenvalue weighted by atomic mass is 79.9. The summed E-state index contributed by atoms with van der Waals surface area (Å²) in [5.74, 6) is 0.